The van der Waals surface area contributed by atoms with Crippen LogP contribution in [-0.2, 0) is 16.8 Å². The van der Waals surface area contributed by atoms with Gasteiger partial charge in [0.25, 0.3) is 5.91 Å². The molecule has 27 heavy (non-hydrogen) atoms. The number of amidine groups is 1. The van der Waals surface area contributed by atoms with Gasteiger partial charge in [-0.3, -0.25) is 9.79 Å². The Balaban J connectivity index is 1.66. The number of aliphatic hydroxyl groups excluding tert-OH is 1. The molecule has 1 aromatic carbocycles. The van der Waals surface area contributed by atoms with E-state index in [9.17, 15) is 9.90 Å². The van der Waals surface area contributed by atoms with Gasteiger partial charge in [0.05, 0.1) is 6.10 Å². The van der Waals surface area contributed by atoms with Gasteiger partial charge in [0.15, 0.2) is 5.54 Å². The molecule has 140 valence electrons. The number of hydrogen-bond donors (Lipinski definition) is 1. The van der Waals surface area contributed by atoms with Crippen molar-refractivity contribution in [3.8, 4) is 11.8 Å². The number of hydrogen-bond acceptors (Lipinski definition) is 3. The fraction of sp³-hybridized carbons (Fsp3) is 0.565. The molecule has 2 fully saturated rings. The molecule has 0 radical (unpaired) electrons. The summed E-state index contributed by atoms with van der Waals surface area (Å²) in [5, 5.41) is 10.1. The fourth-order valence-corrected chi connectivity index (χ4v) is 5.31. The van der Waals surface area contributed by atoms with Crippen LogP contribution in [0.1, 0.15) is 62.1 Å². The zero-order chi connectivity index (χ0) is 18.8. The average Bonchev–Trinajstić information content (AvgIpc) is 3.42. The molecule has 4 aliphatic rings. The number of nitrogens with zero attached hydrogens (tertiary/aromatic N) is 2. The SMILES string of the molecule is CC1=NC2(C(=O)N1C)c1cc(C#CC3CC3)ccc1CC21CCC(O)CC1. The van der Waals surface area contributed by atoms with Crippen LogP contribution in [0.3, 0.4) is 0 Å². The molecule has 2 saturated carbocycles. The number of aliphatic hydroxyl groups is 1. The van der Waals surface area contributed by atoms with Gasteiger partial charge in [-0.1, -0.05) is 17.9 Å². The van der Waals surface area contributed by atoms with Crippen molar-refractivity contribution in [2.45, 2.75) is 63.5 Å². The first-order chi connectivity index (χ1) is 12.9. The highest BCUT2D eigenvalue weighted by Crippen LogP contribution is 2.61. The number of carbonyl (C=O) groups is 1. The summed E-state index contributed by atoms with van der Waals surface area (Å²) in [5.74, 6) is 8.07. The molecule has 1 aliphatic heterocycles. The summed E-state index contributed by atoms with van der Waals surface area (Å²) in [4.78, 5) is 20.3. The van der Waals surface area contributed by atoms with Crippen LogP contribution in [0.2, 0.25) is 0 Å². The van der Waals surface area contributed by atoms with E-state index < -0.39 is 5.54 Å². The van der Waals surface area contributed by atoms with Crippen LogP contribution in [0.15, 0.2) is 23.2 Å². The van der Waals surface area contributed by atoms with Crippen LogP contribution >= 0.6 is 0 Å². The zero-order valence-corrected chi connectivity index (χ0v) is 16.1. The smallest absolute Gasteiger partial charge is 0.260 e. The summed E-state index contributed by atoms with van der Waals surface area (Å²) in [6.07, 6.45) is 6.19. The number of aliphatic imine (C=N–C) groups is 1. The molecule has 1 atom stereocenters. The molecule has 1 amide bonds. The van der Waals surface area contributed by atoms with Gasteiger partial charge in [0, 0.05) is 23.9 Å². The van der Waals surface area contributed by atoms with Gasteiger partial charge in [-0.25, -0.2) is 0 Å². The molecule has 4 nitrogen and oxygen atoms in total. The maximum absolute atomic E-state index is 13.6. The third-order valence-corrected chi connectivity index (χ3v) is 7.14. The molecule has 1 N–H and O–H groups in total. The lowest BCUT2D eigenvalue weighted by molar-refractivity contribution is -0.137. The summed E-state index contributed by atoms with van der Waals surface area (Å²) >= 11 is 0. The van der Waals surface area contributed by atoms with Crippen LogP contribution in [-0.4, -0.2) is 34.9 Å². The Hall–Kier alpha value is -2.12. The lowest BCUT2D eigenvalue weighted by atomic mass is 9.61. The summed E-state index contributed by atoms with van der Waals surface area (Å²) in [6.45, 7) is 1.92. The summed E-state index contributed by atoms with van der Waals surface area (Å²) in [7, 11) is 1.83. The Morgan fingerprint density at radius 3 is 2.59 bits per heavy atom. The lowest BCUT2D eigenvalue weighted by Gasteiger charge is -2.44. The molecule has 0 bridgehead atoms. The number of benzene rings is 1. The van der Waals surface area contributed by atoms with Gasteiger partial charge in [-0.05, 0) is 75.1 Å². The van der Waals surface area contributed by atoms with Crippen molar-refractivity contribution in [1.82, 2.24) is 4.90 Å². The van der Waals surface area contributed by atoms with E-state index in [0.717, 1.165) is 49.1 Å². The minimum Gasteiger partial charge on any atom is -0.393 e. The van der Waals surface area contributed by atoms with E-state index in [1.54, 1.807) is 4.90 Å². The van der Waals surface area contributed by atoms with Gasteiger partial charge in [0.2, 0.25) is 0 Å². The molecular weight excluding hydrogens is 336 g/mol. The van der Waals surface area contributed by atoms with Crippen molar-refractivity contribution in [1.29, 1.82) is 0 Å². The van der Waals surface area contributed by atoms with Crippen LogP contribution in [0.5, 0.6) is 0 Å². The monoisotopic (exact) mass is 362 g/mol. The predicted octanol–water partition coefficient (Wildman–Crippen LogP) is 3.01. The van der Waals surface area contributed by atoms with Gasteiger partial charge in [-0.2, -0.15) is 0 Å². The van der Waals surface area contributed by atoms with E-state index in [1.807, 2.05) is 14.0 Å². The third kappa shape index (κ3) is 2.34. The van der Waals surface area contributed by atoms with E-state index in [4.69, 9.17) is 4.99 Å². The second-order valence-electron chi connectivity index (χ2n) is 8.84. The quantitative estimate of drug-likeness (QED) is 0.722. The number of likely N-dealkylation sites (N-methyl/N-ethyl adjacent to an activating group) is 1. The maximum Gasteiger partial charge on any atom is 0.260 e. The summed E-state index contributed by atoms with van der Waals surface area (Å²) in [5.41, 5.74) is 2.21. The molecule has 3 aliphatic carbocycles. The topological polar surface area (TPSA) is 52.9 Å². The van der Waals surface area contributed by atoms with Crippen molar-refractivity contribution >= 4 is 11.7 Å². The highest BCUT2D eigenvalue weighted by atomic mass is 16.3. The van der Waals surface area contributed by atoms with Crippen molar-refractivity contribution in [2.75, 3.05) is 7.05 Å². The van der Waals surface area contributed by atoms with Crippen LogP contribution in [0, 0.1) is 23.2 Å². The van der Waals surface area contributed by atoms with Gasteiger partial charge in [-0.15, -0.1) is 0 Å². The molecule has 4 heteroatoms. The average molecular weight is 362 g/mol. The predicted molar refractivity (Wildman–Crippen MR) is 104 cm³/mol. The minimum atomic E-state index is -0.835. The minimum absolute atomic E-state index is 0.0856. The second kappa shape index (κ2) is 5.69. The second-order valence-corrected chi connectivity index (χ2v) is 8.84. The summed E-state index contributed by atoms with van der Waals surface area (Å²) < 4.78 is 0. The number of carbonyl (C=O) groups excluding carboxylic acids is 1. The first kappa shape index (κ1) is 17.0. The first-order valence-corrected chi connectivity index (χ1v) is 10.1. The Bertz CT molecular complexity index is 910. The van der Waals surface area contributed by atoms with Crippen LogP contribution < -0.4 is 0 Å². The maximum atomic E-state index is 13.6. The van der Waals surface area contributed by atoms with Gasteiger partial charge in [0.1, 0.15) is 5.84 Å². The normalized spacial score (nSPS) is 34.6. The highest BCUT2D eigenvalue weighted by molar-refractivity contribution is 6.08. The standard InChI is InChI=1S/C23H26N2O2/c1-15-24-23(21(27)25(15)2)20-13-17(6-5-16-3-4-16)7-8-18(20)14-22(23)11-9-19(26)10-12-22/h7-8,13,16,19,26H,3-4,9-12,14H2,1-2H3. The van der Waals surface area contributed by atoms with Crippen molar-refractivity contribution < 1.29 is 9.90 Å². The van der Waals surface area contributed by atoms with Crippen molar-refractivity contribution in [2.24, 2.45) is 16.3 Å². The first-order valence-electron chi connectivity index (χ1n) is 10.1. The molecule has 1 unspecified atom stereocenters. The van der Waals surface area contributed by atoms with E-state index in [-0.39, 0.29) is 17.4 Å². The molecule has 2 spiro atoms. The number of fused-ring (bicyclic) bond motifs is 3. The van der Waals surface area contributed by atoms with Gasteiger partial charge >= 0.3 is 0 Å². The van der Waals surface area contributed by atoms with Crippen molar-refractivity contribution in [3.63, 3.8) is 0 Å². The number of amides is 1. The third-order valence-electron chi connectivity index (χ3n) is 7.14. The Kier molecular flexibility index (Phi) is 3.58. The molecule has 0 aromatic heterocycles. The van der Waals surface area contributed by atoms with E-state index >= 15 is 0 Å². The van der Waals surface area contributed by atoms with E-state index in [1.165, 1.54) is 18.4 Å². The zero-order valence-electron chi connectivity index (χ0n) is 16.1. The summed E-state index contributed by atoms with van der Waals surface area (Å²) in [6, 6.07) is 6.38. The Morgan fingerprint density at radius 1 is 1.22 bits per heavy atom. The molecule has 1 aromatic rings. The van der Waals surface area contributed by atoms with Crippen molar-refractivity contribution in [3.05, 3.63) is 34.9 Å². The van der Waals surface area contributed by atoms with E-state index in [0.29, 0.717) is 5.92 Å². The molecule has 1 heterocycles. The Morgan fingerprint density at radius 2 is 1.96 bits per heavy atom. The van der Waals surface area contributed by atoms with Crippen LogP contribution in [0.4, 0.5) is 0 Å². The number of rotatable bonds is 0. The van der Waals surface area contributed by atoms with Gasteiger partial charge < -0.3 is 10.0 Å². The van der Waals surface area contributed by atoms with E-state index in [2.05, 4.69) is 30.0 Å². The molecule has 5 rings (SSSR count). The molecule has 0 saturated heterocycles. The Labute approximate surface area is 160 Å². The van der Waals surface area contributed by atoms with Crippen LogP contribution in [0.25, 0.3) is 0 Å². The lowest BCUT2D eigenvalue weighted by Crippen LogP contribution is -2.51. The highest BCUT2D eigenvalue weighted by Gasteiger charge is 2.65. The fourth-order valence-electron chi connectivity index (χ4n) is 5.31. The molecular formula is C23H26N2O2. The largest absolute Gasteiger partial charge is 0.393 e.